The van der Waals surface area contributed by atoms with Gasteiger partial charge < -0.3 is 14.6 Å². The number of hydrogen-bond donors (Lipinski definition) is 1. The average Bonchev–Trinajstić information content (AvgIpc) is 3.10. The Balaban J connectivity index is 1.79. The molecule has 7 nitrogen and oxygen atoms in total. The van der Waals surface area contributed by atoms with Gasteiger partial charge in [-0.25, -0.2) is 9.78 Å². The maximum absolute atomic E-state index is 12.8. The summed E-state index contributed by atoms with van der Waals surface area (Å²) in [5, 5.41) is 12.9. The van der Waals surface area contributed by atoms with Crippen LogP contribution in [0.25, 0.3) is 11.0 Å². The zero-order chi connectivity index (χ0) is 21.7. The molecule has 160 valence electrons. The van der Waals surface area contributed by atoms with Crippen molar-refractivity contribution in [3.63, 3.8) is 0 Å². The lowest BCUT2D eigenvalue weighted by Gasteiger charge is -2.32. The smallest absolute Gasteiger partial charge is 0.338 e. The first-order valence-electron chi connectivity index (χ1n) is 10.5. The van der Waals surface area contributed by atoms with Gasteiger partial charge >= 0.3 is 5.97 Å². The first-order valence-corrected chi connectivity index (χ1v) is 11.4. The second-order valence-electron chi connectivity index (χ2n) is 7.57. The normalized spacial score (nSPS) is 16.6. The van der Waals surface area contributed by atoms with Crippen LogP contribution >= 0.6 is 11.8 Å². The predicted octanol–water partition coefficient (Wildman–Crippen LogP) is 4.06. The molecule has 1 aromatic heterocycles. The molecule has 8 heteroatoms. The number of nitrogens with zero attached hydrogens (tertiary/aromatic N) is 3. The fraction of sp³-hybridized carbons (Fsp3) is 0.545. The number of rotatable bonds is 7. The van der Waals surface area contributed by atoms with E-state index in [-0.39, 0.29) is 11.9 Å². The van der Waals surface area contributed by atoms with Gasteiger partial charge in [0.15, 0.2) is 5.16 Å². The number of ether oxygens (including phenoxy) is 1. The molecule has 0 spiro atoms. The molecule has 1 aliphatic carbocycles. The molecule has 0 saturated heterocycles. The summed E-state index contributed by atoms with van der Waals surface area (Å²) in [6.07, 6.45) is 4.44. The number of carbonyl (C=O) groups is 2. The average molecular weight is 429 g/mol. The largest absolute Gasteiger partial charge is 0.462 e. The van der Waals surface area contributed by atoms with Crippen molar-refractivity contribution < 1.29 is 14.3 Å². The molecular weight excluding hydrogens is 400 g/mol. The maximum Gasteiger partial charge on any atom is 0.338 e. The topological polar surface area (TPSA) is 97.0 Å². The Kier molecular flexibility index (Phi) is 7.03. The fourth-order valence-electron chi connectivity index (χ4n) is 3.81. The van der Waals surface area contributed by atoms with E-state index in [1.54, 1.807) is 19.1 Å². The van der Waals surface area contributed by atoms with Gasteiger partial charge in [-0.1, -0.05) is 31.0 Å². The van der Waals surface area contributed by atoms with Crippen LogP contribution in [-0.4, -0.2) is 38.8 Å². The Labute approximate surface area is 181 Å². The van der Waals surface area contributed by atoms with Crippen molar-refractivity contribution in [1.82, 2.24) is 14.9 Å². The number of esters is 1. The van der Waals surface area contributed by atoms with Crippen molar-refractivity contribution in [2.45, 2.75) is 75.4 Å². The van der Waals surface area contributed by atoms with Crippen LogP contribution in [0.1, 0.15) is 63.2 Å². The van der Waals surface area contributed by atoms with Gasteiger partial charge in [-0.05, 0) is 51.8 Å². The summed E-state index contributed by atoms with van der Waals surface area (Å²) >= 11 is 1.37. The monoisotopic (exact) mass is 428 g/mol. The summed E-state index contributed by atoms with van der Waals surface area (Å²) in [6.45, 7) is 6.62. The van der Waals surface area contributed by atoms with Gasteiger partial charge in [0.25, 0.3) is 0 Å². The van der Waals surface area contributed by atoms with Crippen LogP contribution in [0.15, 0.2) is 23.4 Å². The van der Waals surface area contributed by atoms with Gasteiger partial charge in [0, 0.05) is 6.54 Å². The van der Waals surface area contributed by atoms with Crippen molar-refractivity contribution in [1.29, 1.82) is 5.26 Å². The molecule has 1 aromatic carbocycles. The molecule has 0 radical (unpaired) electrons. The molecule has 1 heterocycles. The molecule has 1 amide bonds. The molecule has 1 atom stereocenters. The number of carbonyl (C=O) groups excluding carboxylic acids is 2. The molecule has 30 heavy (non-hydrogen) atoms. The molecule has 1 saturated carbocycles. The van der Waals surface area contributed by atoms with Crippen molar-refractivity contribution in [2.24, 2.45) is 0 Å². The van der Waals surface area contributed by atoms with Crippen LogP contribution in [0, 0.1) is 11.3 Å². The molecule has 1 fully saturated rings. The highest BCUT2D eigenvalue weighted by Gasteiger charge is 2.35. The van der Waals surface area contributed by atoms with Gasteiger partial charge in [0.1, 0.15) is 5.54 Å². The van der Waals surface area contributed by atoms with E-state index in [2.05, 4.69) is 16.4 Å². The van der Waals surface area contributed by atoms with Gasteiger partial charge in [0.2, 0.25) is 5.91 Å². The van der Waals surface area contributed by atoms with E-state index >= 15 is 0 Å². The van der Waals surface area contributed by atoms with Crippen molar-refractivity contribution >= 4 is 34.7 Å². The number of amides is 1. The number of aryl methyl sites for hydroxylation is 1. The zero-order valence-corrected chi connectivity index (χ0v) is 18.6. The summed E-state index contributed by atoms with van der Waals surface area (Å²) in [5.74, 6) is -0.521. The summed E-state index contributed by atoms with van der Waals surface area (Å²) in [6, 6.07) is 7.65. The van der Waals surface area contributed by atoms with Crippen LogP contribution in [0.3, 0.4) is 0 Å². The first-order chi connectivity index (χ1) is 14.4. The maximum atomic E-state index is 12.8. The van der Waals surface area contributed by atoms with Gasteiger partial charge in [-0.15, -0.1) is 0 Å². The standard InChI is InChI=1S/C22H28N4O3S/c1-4-26-18-10-9-16(20(28)29-5-2)13-17(18)24-21(26)30-15(3)19(27)25-22(14-23)11-7-6-8-12-22/h9-10,13,15H,4-8,11-12H2,1-3H3,(H,25,27). The third-order valence-corrected chi connectivity index (χ3v) is 6.57. The second-order valence-corrected chi connectivity index (χ2v) is 8.87. The van der Waals surface area contributed by atoms with E-state index in [9.17, 15) is 14.9 Å². The van der Waals surface area contributed by atoms with Crippen molar-refractivity contribution in [2.75, 3.05) is 6.61 Å². The van der Waals surface area contributed by atoms with E-state index in [4.69, 9.17) is 4.74 Å². The highest BCUT2D eigenvalue weighted by atomic mass is 32.2. The molecular formula is C22H28N4O3S. The minimum absolute atomic E-state index is 0.148. The number of benzene rings is 1. The van der Waals surface area contributed by atoms with E-state index in [0.29, 0.717) is 42.2 Å². The van der Waals surface area contributed by atoms with Crippen LogP contribution in [0.2, 0.25) is 0 Å². The van der Waals surface area contributed by atoms with Gasteiger partial charge in [0.05, 0.1) is 34.5 Å². The Morgan fingerprint density at radius 1 is 1.33 bits per heavy atom. The molecule has 0 aliphatic heterocycles. The number of imidazole rings is 1. The number of nitriles is 1. The Morgan fingerprint density at radius 3 is 2.70 bits per heavy atom. The number of thioether (sulfide) groups is 1. The lowest BCUT2D eigenvalue weighted by atomic mass is 9.83. The summed E-state index contributed by atoms with van der Waals surface area (Å²) in [4.78, 5) is 29.5. The Morgan fingerprint density at radius 2 is 2.07 bits per heavy atom. The predicted molar refractivity (Wildman–Crippen MR) is 116 cm³/mol. The van der Waals surface area contributed by atoms with Gasteiger partial charge in [-0.3, -0.25) is 4.79 Å². The lowest BCUT2D eigenvalue weighted by Crippen LogP contribution is -2.50. The van der Waals surface area contributed by atoms with E-state index in [1.165, 1.54) is 11.8 Å². The molecule has 1 unspecified atom stereocenters. The van der Waals surface area contributed by atoms with Crippen LogP contribution in [0.4, 0.5) is 0 Å². The number of aromatic nitrogens is 2. The molecule has 1 aliphatic rings. The fourth-order valence-corrected chi connectivity index (χ4v) is 4.80. The molecule has 0 bridgehead atoms. The zero-order valence-electron chi connectivity index (χ0n) is 17.7. The molecule has 2 aromatic rings. The SMILES string of the molecule is CCOC(=O)c1ccc2c(c1)nc(SC(C)C(=O)NC1(C#N)CCCCC1)n2CC. The minimum atomic E-state index is -0.746. The summed E-state index contributed by atoms with van der Waals surface area (Å²) in [7, 11) is 0. The quantitative estimate of drug-likeness (QED) is 0.528. The Hall–Kier alpha value is -2.53. The van der Waals surface area contributed by atoms with Crippen LogP contribution in [0.5, 0.6) is 0 Å². The number of nitrogens with one attached hydrogen (secondary N) is 1. The Bertz CT molecular complexity index is 973. The number of fused-ring (bicyclic) bond motifs is 1. The third kappa shape index (κ3) is 4.62. The van der Waals surface area contributed by atoms with E-state index in [1.807, 2.05) is 24.5 Å². The second kappa shape index (κ2) is 9.52. The highest BCUT2D eigenvalue weighted by Crippen LogP contribution is 2.31. The van der Waals surface area contributed by atoms with Crippen molar-refractivity contribution in [3.8, 4) is 6.07 Å². The summed E-state index contributed by atoms with van der Waals surface area (Å²) < 4.78 is 7.10. The molecule has 3 rings (SSSR count). The lowest BCUT2D eigenvalue weighted by molar-refractivity contribution is -0.122. The minimum Gasteiger partial charge on any atom is -0.462 e. The number of hydrogen-bond acceptors (Lipinski definition) is 6. The first kappa shape index (κ1) is 22.2. The highest BCUT2D eigenvalue weighted by molar-refractivity contribution is 8.00. The van der Waals surface area contributed by atoms with Gasteiger partial charge in [-0.2, -0.15) is 5.26 Å². The summed E-state index contributed by atoms with van der Waals surface area (Å²) in [5.41, 5.74) is 1.31. The van der Waals surface area contributed by atoms with E-state index in [0.717, 1.165) is 24.8 Å². The van der Waals surface area contributed by atoms with E-state index < -0.39 is 10.8 Å². The van der Waals surface area contributed by atoms with Crippen molar-refractivity contribution in [3.05, 3.63) is 23.8 Å². The van der Waals surface area contributed by atoms with Crippen LogP contribution < -0.4 is 5.32 Å². The van der Waals surface area contributed by atoms with Crippen LogP contribution in [-0.2, 0) is 16.1 Å². The third-order valence-electron chi connectivity index (χ3n) is 5.48. The molecule has 1 N–H and O–H groups in total.